The maximum Gasteiger partial charge on any atom is 0.270 e. The van der Waals surface area contributed by atoms with Crippen molar-refractivity contribution in [1.82, 2.24) is 14.9 Å². The van der Waals surface area contributed by atoms with Gasteiger partial charge in [0.25, 0.3) is 5.91 Å². The van der Waals surface area contributed by atoms with E-state index in [2.05, 4.69) is 9.97 Å². The molecule has 1 atom stereocenters. The van der Waals surface area contributed by atoms with Gasteiger partial charge in [0.2, 0.25) is 0 Å². The van der Waals surface area contributed by atoms with Crippen molar-refractivity contribution in [2.75, 3.05) is 12.3 Å². The highest BCUT2D eigenvalue weighted by molar-refractivity contribution is 5.98. The summed E-state index contributed by atoms with van der Waals surface area (Å²) in [4.78, 5) is 22.6. The number of carbonyl (C=O) groups is 1. The number of fused-ring (bicyclic) bond motifs is 3. The van der Waals surface area contributed by atoms with E-state index in [1.165, 1.54) is 0 Å². The molecule has 3 aromatic rings. The van der Waals surface area contributed by atoms with Crippen LogP contribution in [-0.2, 0) is 18.0 Å². The molecule has 2 aromatic heterocycles. The van der Waals surface area contributed by atoms with E-state index in [0.717, 1.165) is 35.0 Å². The third-order valence-corrected chi connectivity index (χ3v) is 6.33. The average molecular weight is 408 g/mol. The van der Waals surface area contributed by atoms with Gasteiger partial charge >= 0.3 is 0 Å². The SMILES string of the molecule is CCN(C(=O)c1cc2nc(N)c3c(c2[nH]1)COC3)[C@@H](C)c1ccc(C2CC2)cc1F. The zero-order chi connectivity index (χ0) is 21.0. The van der Waals surface area contributed by atoms with Crippen LogP contribution in [0.15, 0.2) is 24.3 Å². The molecule has 7 heteroatoms. The van der Waals surface area contributed by atoms with E-state index >= 15 is 0 Å². The summed E-state index contributed by atoms with van der Waals surface area (Å²) in [5, 5.41) is 0. The summed E-state index contributed by atoms with van der Waals surface area (Å²) in [5.41, 5.74) is 11.3. The number of hydrogen-bond acceptors (Lipinski definition) is 4. The largest absolute Gasteiger partial charge is 0.383 e. The van der Waals surface area contributed by atoms with E-state index in [-0.39, 0.29) is 11.7 Å². The lowest BCUT2D eigenvalue weighted by Gasteiger charge is -2.28. The first kappa shape index (κ1) is 19.1. The lowest BCUT2D eigenvalue weighted by molar-refractivity contribution is 0.0694. The molecule has 1 fully saturated rings. The zero-order valence-electron chi connectivity index (χ0n) is 17.2. The molecular weight excluding hydrogens is 383 g/mol. The number of aromatic amines is 1. The van der Waals surface area contributed by atoms with Crippen molar-refractivity contribution in [2.24, 2.45) is 0 Å². The minimum Gasteiger partial charge on any atom is -0.383 e. The van der Waals surface area contributed by atoms with E-state index in [9.17, 15) is 9.18 Å². The monoisotopic (exact) mass is 408 g/mol. The van der Waals surface area contributed by atoms with Crippen LogP contribution in [0.4, 0.5) is 10.2 Å². The number of nitrogens with two attached hydrogens (primary N) is 1. The van der Waals surface area contributed by atoms with E-state index < -0.39 is 6.04 Å². The number of H-pyrrole nitrogens is 1. The van der Waals surface area contributed by atoms with Crippen molar-refractivity contribution in [3.05, 3.63) is 58.0 Å². The Morgan fingerprint density at radius 3 is 2.80 bits per heavy atom. The van der Waals surface area contributed by atoms with Crippen LogP contribution in [0.1, 0.15) is 71.4 Å². The van der Waals surface area contributed by atoms with E-state index in [0.29, 0.717) is 48.3 Å². The fraction of sp³-hybridized carbons (Fsp3) is 0.391. The Labute approximate surface area is 174 Å². The van der Waals surface area contributed by atoms with Crippen LogP contribution in [0.25, 0.3) is 11.0 Å². The van der Waals surface area contributed by atoms with Crippen molar-refractivity contribution < 1.29 is 13.9 Å². The number of pyridine rings is 1. The van der Waals surface area contributed by atoms with Crippen molar-refractivity contribution in [1.29, 1.82) is 0 Å². The molecule has 2 aliphatic rings. The molecule has 0 bridgehead atoms. The van der Waals surface area contributed by atoms with Crippen LogP contribution < -0.4 is 5.73 Å². The molecule has 30 heavy (non-hydrogen) atoms. The molecule has 0 saturated heterocycles. The number of nitrogens with zero attached hydrogens (tertiary/aromatic N) is 2. The Morgan fingerprint density at radius 2 is 2.10 bits per heavy atom. The highest BCUT2D eigenvalue weighted by Gasteiger charge is 2.29. The number of amides is 1. The quantitative estimate of drug-likeness (QED) is 0.655. The Morgan fingerprint density at radius 1 is 1.33 bits per heavy atom. The van der Waals surface area contributed by atoms with E-state index in [4.69, 9.17) is 10.5 Å². The summed E-state index contributed by atoms with van der Waals surface area (Å²) in [6.45, 7) is 5.09. The molecular formula is C23H25FN4O2. The van der Waals surface area contributed by atoms with Crippen molar-refractivity contribution in [2.45, 2.75) is 51.9 Å². The summed E-state index contributed by atoms with van der Waals surface area (Å²) >= 11 is 0. The molecule has 1 amide bonds. The molecule has 1 aromatic carbocycles. The summed E-state index contributed by atoms with van der Waals surface area (Å²) in [7, 11) is 0. The van der Waals surface area contributed by atoms with Gasteiger partial charge in [-0.05, 0) is 50.3 Å². The van der Waals surface area contributed by atoms with Gasteiger partial charge in [0, 0.05) is 23.2 Å². The first-order chi connectivity index (χ1) is 14.5. The lowest BCUT2D eigenvalue weighted by Crippen LogP contribution is -2.34. The number of nitrogens with one attached hydrogen (secondary N) is 1. The van der Waals surface area contributed by atoms with E-state index in [1.54, 1.807) is 17.0 Å². The zero-order valence-corrected chi connectivity index (χ0v) is 17.2. The minimum atomic E-state index is -0.394. The predicted octanol–water partition coefficient (Wildman–Crippen LogP) is 4.42. The predicted molar refractivity (Wildman–Crippen MR) is 112 cm³/mol. The third kappa shape index (κ3) is 3.04. The Bertz CT molecular complexity index is 1150. The molecule has 6 nitrogen and oxygen atoms in total. The molecule has 3 N–H and O–H groups in total. The fourth-order valence-electron chi connectivity index (χ4n) is 4.42. The van der Waals surface area contributed by atoms with Gasteiger partial charge in [-0.1, -0.05) is 12.1 Å². The molecule has 5 rings (SSSR count). The van der Waals surface area contributed by atoms with Gasteiger partial charge in [-0.15, -0.1) is 0 Å². The Balaban J connectivity index is 1.47. The highest BCUT2D eigenvalue weighted by Crippen LogP contribution is 2.41. The first-order valence-corrected chi connectivity index (χ1v) is 10.5. The standard InChI is InChI=1S/C23H25FN4O2/c1-3-28(12(2)15-7-6-14(8-18(15)24)13-4-5-13)23(29)20-9-19-21(26-20)16-10-30-11-17(16)22(25)27-19/h6-9,12-13,26H,3-5,10-11H2,1-2H3,(H2,25,27)/t12-/m0/s1. The van der Waals surface area contributed by atoms with Crippen molar-refractivity contribution >= 4 is 22.8 Å². The summed E-state index contributed by atoms with van der Waals surface area (Å²) in [5.74, 6) is 0.482. The third-order valence-electron chi connectivity index (χ3n) is 6.33. The number of benzene rings is 1. The molecule has 0 unspecified atom stereocenters. The number of rotatable bonds is 5. The van der Waals surface area contributed by atoms with Crippen LogP contribution in [0.5, 0.6) is 0 Å². The van der Waals surface area contributed by atoms with Gasteiger partial charge in [0.05, 0.1) is 30.3 Å². The van der Waals surface area contributed by atoms with Crippen LogP contribution in [0, 0.1) is 5.82 Å². The summed E-state index contributed by atoms with van der Waals surface area (Å²) < 4.78 is 20.3. The van der Waals surface area contributed by atoms with Crippen LogP contribution in [-0.4, -0.2) is 27.3 Å². The summed E-state index contributed by atoms with van der Waals surface area (Å²) in [6, 6.07) is 6.76. The van der Waals surface area contributed by atoms with Gasteiger partial charge in [-0.2, -0.15) is 0 Å². The topological polar surface area (TPSA) is 84.2 Å². The smallest absolute Gasteiger partial charge is 0.270 e. The van der Waals surface area contributed by atoms with E-state index in [1.807, 2.05) is 26.0 Å². The number of ether oxygens (including phenoxy) is 1. The normalized spacial score (nSPS) is 16.6. The molecule has 1 saturated carbocycles. The molecule has 1 aliphatic heterocycles. The second kappa shape index (κ2) is 7.09. The molecule has 0 spiro atoms. The van der Waals surface area contributed by atoms with Crippen LogP contribution in [0.2, 0.25) is 0 Å². The lowest BCUT2D eigenvalue weighted by atomic mass is 10.0. The number of aromatic nitrogens is 2. The fourth-order valence-corrected chi connectivity index (χ4v) is 4.42. The van der Waals surface area contributed by atoms with Gasteiger partial charge in [0.15, 0.2) is 0 Å². The van der Waals surface area contributed by atoms with Crippen molar-refractivity contribution in [3.63, 3.8) is 0 Å². The minimum absolute atomic E-state index is 0.195. The first-order valence-electron chi connectivity index (χ1n) is 10.5. The van der Waals surface area contributed by atoms with Gasteiger partial charge in [-0.3, -0.25) is 4.79 Å². The molecule has 156 valence electrons. The molecule has 1 aliphatic carbocycles. The summed E-state index contributed by atoms with van der Waals surface area (Å²) in [6.07, 6.45) is 2.25. The Hall–Kier alpha value is -2.93. The number of halogens is 1. The molecule has 3 heterocycles. The second-order valence-electron chi connectivity index (χ2n) is 8.21. The maximum atomic E-state index is 14.8. The molecule has 0 radical (unpaired) electrons. The van der Waals surface area contributed by atoms with Gasteiger partial charge in [-0.25, -0.2) is 9.37 Å². The maximum absolute atomic E-state index is 14.8. The van der Waals surface area contributed by atoms with Crippen LogP contribution >= 0.6 is 0 Å². The number of carbonyl (C=O) groups excluding carboxylic acids is 1. The number of hydrogen-bond donors (Lipinski definition) is 2. The number of nitrogen functional groups attached to an aromatic ring is 1. The average Bonchev–Trinajstić information content (AvgIpc) is 3.29. The van der Waals surface area contributed by atoms with Gasteiger partial charge < -0.3 is 20.4 Å². The number of anilines is 1. The van der Waals surface area contributed by atoms with Crippen molar-refractivity contribution in [3.8, 4) is 0 Å². The second-order valence-corrected chi connectivity index (χ2v) is 8.21. The Kier molecular flexibility index (Phi) is 4.50. The van der Waals surface area contributed by atoms with Crippen LogP contribution in [0.3, 0.4) is 0 Å². The van der Waals surface area contributed by atoms with Gasteiger partial charge in [0.1, 0.15) is 17.3 Å². The highest BCUT2D eigenvalue weighted by atomic mass is 19.1.